The Balaban J connectivity index is 1.70. The molecule has 2 fully saturated rings. The van der Waals surface area contributed by atoms with E-state index >= 15 is 0 Å². The smallest absolute Gasteiger partial charge is 0.0201 e. The van der Waals surface area contributed by atoms with Crippen molar-refractivity contribution in [1.82, 2.24) is 8.01 Å². The summed E-state index contributed by atoms with van der Waals surface area (Å²) in [4.78, 5) is 2.68. The maximum atomic E-state index is 2.68. The molecule has 0 aromatic rings. The van der Waals surface area contributed by atoms with Gasteiger partial charge in [0.15, 0.2) is 0 Å². The lowest BCUT2D eigenvalue weighted by Crippen LogP contribution is -2.36. The Kier molecular flexibility index (Phi) is 4.08. The first kappa shape index (κ1) is 11.1. The summed E-state index contributed by atoms with van der Waals surface area (Å²) in [5.74, 6) is 1.91. The molecule has 2 aliphatic heterocycles. The van der Waals surface area contributed by atoms with Crippen LogP contribution in [0.5, 0.6) is 0 Å². The minimum absolute atomic E-state index is 0.945. The molecule has 82 valence electrons. The van der Waals surface area contributed by atoms with Gasteiger partial charge in [-0.25, -0.2) is 3.11 Å². The highest BCUT2D eigenvalue weighted by Gasteiger charge is 2.24. The second kappa shape index (κ2) is 5.12. The van der Waals surface area contributed by atoms with Crippen molar-refractivity contribution in [2.75, 3.05) is 32.7 Å². The number of likely N-dealkylation sites (tertiary alicyclic amines) is 1. The van der Waals surface area contributed by atoms with E-state index in [9.17, 15) is 0 Å². The van der Waals surface area contributed by atoms with Gasteiger partial charge >= 0.3 is 0 Å². The molecular formula is C11H21IN2. The number of hydrogen-bond donors (Lipinski definition) is 0. The van der Waals surface area contributed by atoms with Gasteiger partial charge < -0.3 is 4.90 Å². The Hall–Kier alpha value is 0.650. The Morgan fingerprint density at radius 3 is 2.43 bits per heavy atom. The van der Waals surface area contributed by atoms with Crippen LogP contribution in [0.1, 0.15) is 26.2 Å². The molecular weight excluding hydrogens is 287 g/mol. The lowest BCUT2D eigenvalue weighted by atomic mass is 9.98. The average molecular weight is 308 g/mol. The van der Waals surface area contributed by atoms with Crippen LogP contribution in [0, 0.1) is 11.8 Å². The quantitative estimate of drug-likeness (QED) is 0.571. The van der Waals surface area contributed by atoms with Gasteiger partial charge in [-0.2, -0.15) is 0 Å². The highest BCUT2D eigenvalue weighted by Crippen LogP contribution is 2.23. The summed E-state index contributed by atoms with van der Waals surface area (Å²) in [6.45, 7) is 9.05. The second-order valence-corrected chi connectivity index (χ2v) is 6.37. The number of halogens is 1. The first-order chi connectivity index (χ1) is 6.74. The summed E-state index contributed by atoms with van der Waals surface area (Å²) in [5, 5.41) is 0. The van der Waals surface area contributed by atoms with Crippen LogP contribution < -0.4 is 0 Å². The van der Waals surface area contributed by atoms with Crippen molar-refractivity contribution in [2.24, 2.45) is 11.8 Å². The molecule has 0 saturated carbocycles. The molecule has 0 spiro atoms. The summed E-state index contributed by atoms with van der Waals surface area (Å²) in [6.07, 6.45) is 4.25. The van der Waals surface area contributed by atoms with Crippen LogP contribution in [0.4, 0.5) is 0 Å². The Morgan fingerprint density at radius 1 is 1.14 bits per heavy atom. The molecule has 1 atom stereocenters. The van der Waals surface area contributed by atoms with Crippen molar-refractivity contribution in [1.29, 1.82) is 0 Å². The van der Waals surface area contributed by atoms with Gasteiger partial charge in [0.25, 0.3) is 0 Å². The van der Waals surface area contributed by atoms with Crippen molar-refractivity contribution in [3.8, 4) is 0 Å². The lowest BCUT2D eigenvalue weighted by molar-refractivity contribution is 0.170. The fourth-order valence-corrected chi connectivity index (χ4v) is 3.38. The average Bonchev–Trinajstić information content (AvgIpc) is 2.56. The maximum Gasteiger partial charge on any atom is 0.0201 e. The largest absolute Gasteiger partial charge is 0.303 e. The predicted octanol–water partition coefficient (Wildman–Crippen LogP) is 2.39. The fourth-order valence-electron chi connectivity index (χ4n) is 2.54. The number of nitrogens with zero attached hydrogens (tertiary/aromatic N) is 2. The molecule has 2 nitrogen and oxygen atoms in total. The van der Waals surface area contributed by atoms with Gasteiger partial charge in [0.2, 0.25) is 0 Å². The van der Waals surface area contributed by atoms with Crippen LogP contribution >= 0.6 is 22.9 Å². The minimum Gasteiger partial charge on any atom is -0.303 e. The molecule has 2 aliphatic rings. The summed E-state index contributed by atoms with van der Waals surface area (Å²) in [5.41, 5.74) is 0. The number of hydrogen-bond acceptors (Lipinski definition) is 2. The molecule has 0 unspecified atom stereocenters. The van der Waals surface area contributed by atoms with Gasteiger partial charge in [-0.3, -0.25) is 0 Å². The van der Waals surface area contributed by atoms with Crippen molar-refractivity contribution in [3.63, 3.8) is 0 Å². The number of piperidine rings is 1. The van der Waals surface area contributed by atoms with Gasteiger partial charge in [0.05, 0.1) is 0 Å². The molecule has 2 saturated heterocycles. The normalized spacial score (nSPS) is 32.6. The first-order valence-electron chi connectivity index (χ1n) is 5.87. The third-order valence-corrected chi connectivity index (χ3v) is 4.51. The van der Waals surface area contributed by atoms with E-state index in [0.29, 0.717) is 0 Å². The van der Waals surface area contributed by atoms with Crippen LogP contribution in [-0.2, 0) is 0 Å². The van der Waals surface area contributed by atoms with Crippen LogP contribution in [0.3, 0.4) is 0 Å². The first-order valence-corrected chi connectivity index (χ1v) is 6.83. The summed E-state index contributed by atoms with van der Waals surface area (Å²) >= 11 is 2.46. The van der Waals surface area contributed by atoms with Gasteiger partial charge in [0, 0.05) is 42.5 Å². The molecule has 3 heteroatoms. The predicted molar refractivity (Wildman–Crippen MR) is 68.5 cm³/mol. The molecule has 0 bridgehead atoms. The monoisotopic (exact) mass is 308 g/mol. The van der Waals surface area contributed by atoms with Crippen molar-refractivity contribution in [3.05, 3.63) is 0 Å². The van der Waals surface area contributed by atoms with E-state index in [1.54, 1.807) is 0 Å². The van der Waals surface area contributed by atoms with Gasteiger partial charge in [-0.05, 0) is 44.2 Å². The Labute approximate surface area is 102 Å². The van der Waals surface area contributed by atoms with E-state index < -0.39 is 0 Å². The van der Waals surface area contributed by atoms with Crippen LogP contribution in [0.25, 0.3) is 0 Å². The number of rotatable bonds is 2. The van der Waals surface area contributed by atoms with Gasteiger partial charge in [-0.1, -0.05) is 6.92 Å². The zero-order valence-electron chi connectivity index (χ0n) is 9.08. The standard InChI is InChI=1S/C11H21IN2/c1-10-2-5-13(6-3-10)8-11-4-7-14(12)9-11/h10-11H,2-9H2,1H3/t11-/m0/s1. The summed E-state index contributed by atoms with van der Waals surface area (Å²) < 4.78 is 2.44. The van der Waals surface area contributed by atoms with E-state index in [1.165, 1.54) is 52.0 Å². The van der Waals surface area contributed by atoms with Crippen molar-refractivity contribution >= 4 is 22.9 Å². The second-order valence-electron chi connectivity index (χ2n) is 5.01. The summed E-state index contributed by atoms with van der Waals surface area (Å²) in [7, 11) is 0. The molecule has 0 N–H and O–H groups in total. The molecule has 0 amide bonds. The van der Waals surface area contributed by atoms with Crippen LogP contribution in [-0.4, -0.2) is 40.7 Å². The molecule has 0 aromatic heterocycles. The highest BCUT2D eigenvalue weighted by molar-refractivity contribution is 14.1. The van der Waals surface area contributed by atoms with E-state index in [1.807, 2.05) is 0 Å². The molecule has 0 aromatic carbocycles. The van der Waals surface area contributed by atoms with Crippen LogP contribution in [0.2, 0.25) is 0 Å². The van der Waals surface area contributed by atoms with Crippen LogP contribution in [0.15, 0.2) is 0 Å². The van der Waals surface area contributed by atoms with E-state index in [4.69, 9.17) is 0 Å². The van der Waals surface area contributed by atoms with Crippen molar-refractivity contribution < 1.29 is 0 Å². The van der Waals surface area contributed by atoms with Crippen molar-refractivity contribution in [2.45, 2.75) is 26.2 Å². The third kappa shape index (κ3) is 3.07. The minimum atomic E-state index is 0.945. The fraction of sp³-hybridized carbons (Fsp3) is 1.00. The Morgan fingerprint density at radius 2 is 1.86 bits per heavy atom. The molecule has 2 rings (SSSR count). The van der Waals surface area contributed by atoms with E-state index in [0.717, 1.165) is 11.8 Å². The Bertz CT molecular complexity index is 178. The SMILES string of the molecule is CC1CCN(C[C@@H]2CCN(I)C2)CC1. The highest BCUT2D eigenvalue weighted by atomic mass is 127. The molecule has 2 heterocycles. The van der Waals surface area contributed by atoms with Gasteiger partial charge in [-0.15, -0.1) is 0 Å². The zero-order chi connectivity index (χ0) is 9.97. The topological polar surface area (TPSA) is 6.48 Å². The third-order valence-electron chi connectivity index (χ3n) is 3.63. The maximum absolute atomic E-state index is 2.68. The molecule has 0 radical (unpaired) electrons. The summed E-state index contributed by atoms with van der Waals surface area (Å²) in [6, 6.07) is 0. The van der Waals surface area contributed by atoms with E-state index in [-0.39, 0.29) is 0 Å². The van der Waals surface area contributed by atoms with E-state index in [2.05, 4.69) is 37.8 Å². The molecule has 0 aliphatic carbocycles. The molecule has 14 heavy (non-hydrogen) atoms. The lowest BCUT2D eigenvalue weighted by Gasteiger charge is -2.31. The zero-order valence-corrected chi connectivity index (χ0v) is 11.2. The van der Waals surface area contributed by atoms with Gasteiger partial charge in [0.1, 0.15) is 0 Å².